The summed E-state index contributed by atoms with van der Waals surface area (Å²) in [7, 11) is 0. The van der Waals surface area contributed by atoms with E-state index < -0.39 is 11.7 Å². The normalized spacial score (nSPS) is 14.3. The molecule has 0 bridgehead atoms. The highest BCUT2D eigenvalue weighted by molar-refractivity contribution is 9.11. The van der Waals surface area contributed by atoms with Gasteiger partial charge >= 0.3 is 6.09 Å². The number of halogens is 1. The third-order valence-corrected chi connectivity index (χ3v) is 5.12. The van der Waals surface area contributed by atoms with Gasteiger partial charge < -0.3 is 14.5 Å². The van der Waals surface area contributed by atoms with Crippen molar-refractivity contribution in [1.29, 1.82) is 0 Å². The van der Waals surface area contributed by atoms with Crippen molar-refractivity contribution in [3.05, 3.63) is 19.7 Å². The van der Waals surface area contributed by atoms with Crippen LogP contribution >= 0.6 is 27.3 Å². The van der Waals surface area contributed by atoms with Gasteiger partial charge in [0.15, 0.2) is 5.75 Å². The fourth-order valence-electron chi connectivity index (χ4n) is 2.51. The molecule has 1 aliphatic heterocycles. The number of carbonyl (C=O) groups is 1. The zero-order valence-electron chi connectivity index (χ0n) is 13.0. The molecule has 23 heavy (non-hydrogen) atoms. The fourth-order valence-corrected chi connectivity index (χ4v) is 4.20. The van der Waals surface area contributed by atoms with Crippen LogP contribution in [0.2, 0.25) is 0 Å². The lowest BCUT2D eigenvalue weighted by atomic mass is 10.1. The molecule has 1 amide bonds. The van der Waals surface area contributed by atoms with Gasteiger partial charge in [-0.25, -0.2) is 4.79 Å². The number of H-pyrrole nitrogens is 1. The summed E-state index contributed by atoms with van der Waals surface area (Å²) in [5.41, 5.74) is 0.0135. The first kappa shape index (κ1) is 16.3. The Morgan fingerprint density at radius 3 is 2.87 bits per heavy atom. The van der Waals surface area contributed by atoms with E-state index in [0.29, 0.717) is 29.3 Å². The van der Waals surface area contributed by atoms with Crippen LogP contribution in [0.4, 0.5) is 10.6 Å². The van der Waals surface area contributed by atoms with E-state index in [0.717, 1.165) is 21.2 Å². The van der Waals surface area contributed by atoms with Crippen LogP contribution < -0.4 is 15.6 Å². The molecule has 0 saturated carbocycles. The minimum Gasteiger partial charge on any atom is -0.491 e. The van der Waals surface area contributed by atoms with Gasteiger partial charge in [0.1, 0.15) is 19.9 Å². The highest BCUT2D eigenvalue weighted by Crippen LogP contribution is 2.44. The Balaban J connectivity index is 2.09. The van der Waals surface area contributed by atoms with Gasteiger partial charge in [-0.3, -0.25) is 10.1 Å². The van der Waals surface area contributed by atoms with Gasteiger partial charge in [0.05, 0.1) is 6.61 Å². The molecular weight excluding hydrogens is 384 g/mol. The Morgan fingerprint density at radius 1 is 1.43 bits per heavy atom. The molecule has 3 rings (SSSR count). The number of rotatable bonds is 1. The van der Waals surface area contributed by atoms with E-state index in [1.165, 1.54) is 11.3 Å². The maximum Gasteiger partial charge on any atom is 0.413 e. The van der Waals surface area contributed by atoms with E-state index in [4.69, 9.17) is 9.47 Å². The number of hydrogen-bond acceptors (Lipinski definition) is 5. The second kappa shape index (κ2) is 5.83. The Hall–Kier alpha value is -1.54. The quantitative estimate of drug-likeness (QED) is 0.756. The average molecular weight is 401 g/mol. The van der Waals surface area contributed by atoms with Crippen molar-refractivity contribution >= 4 is 49.3 Å². The van der Waals surface area contributed by atoms with E-state index in [-0.39, 0.29) is 5.56 Å². The number of aryl methyl sites for hydroxylation is 1. The SMILES string of the molecule is CC(C)(C)OC(=O)Nc1[nH]c(=O)c2sc(Br)c3c2c1CCCO3. The number of anilines is 1. The Morgan fingerprint density at radius 2 is 2.17 bits per heavy atom. The van der Waals surface area contributed by atoms with Gasteiger partial charge in [-0.2, -0.15) is 0 Å². The van der Waals surface area contributed by atoms with E-state index in [1.54, 1.807) is 20.8 Å². The number of nitrogens with one attached hydrogen (secondary N) is 2. The summed E-state index contributed by atoms with van der Waals surface area (Å²) in [6.07, 6.45) is 0.912. The molecule has 0 aromatic carbocycles. The molecule has 8 heteroatoms. The molecule has 0 atom stereocenters. The van der Waals surface area contributed by atoms with Crippen LogP contribution in [0.15, 0.2) is 8.58 Å². The van der Waals surface area contributed by atoms with E-state index >= 15 is 0 Å². The van der Waals surface area contributed by atoms with Crippen LogP contribution in [0.3, 0.4) is 0 Å². The summed E-state index contributed by atoms with van der Waals surface area (Å²) in [5, 5.41) is 3.44. The molecule has 0 saturated heterocycles. The largest absolute Gasteiger partial charge is 0.491 e. The van der Waals surface area contributed by atoms with Gasteiger partial charge in [-0.05, 0) is 49.5 Å². The van der Waals surface area contributed by atoms with Crippen molar-refractivity contribution in [3.63, 3.8) is 0 Å². The molecular formula is C15H17BrN2O4S. The molecule has 2 aromatic heterocycles. The van der Waals surface area contributed by atoms with Gasteiger partial charge in [-0.1, -0.05) is 0 Å². The molecule has 1 aliphatic rings. The van der Waals surface area contributed by atoms with Crippen molar-refractivity contribution in [2.75, 3.05) is 11.9 Å². The van der Waals surface area contributed by atoms with Crippen LogP contribution in [0.25, 0.3) is 10.1 Å². The smallest absolute Gasteiger partial charge is 0.413 e. The lowest BCUT2D eigenvalue weighted by Crippen LogP contribution is -2.28. The number of carbonyl (C=O) groups excluding carboxylic acids is 1. The second-order valence-electron chi connectivity index (χ2n) is 6.30. The van der Waals surface area contributed by atoms with Crippen LogP contribution in [-0.2, 0) is 11.2 Å². The average Bonchev–Trinajstić information content (AvgIpc) is 2.62. The standard InChI is InChI=1S/C15H17BrN2O4S/c1-15(2,3)22-14(20)18-12-7-5-4-6-21-9-8(7)10(13(19)17-12)23-11(9)16/h4-6H2,1-3H3,(H2,17,18,19,20). The lowest BCUT2D eigenvalue weighted by molar-refractivity contribution is 0.0635. The van der Waals surface area contributed by atoms with Crippen LogP contribution in [0.5, 0.6) is 5.75 Å². The first-order valence-electron chi connectivity index (χ1n) is 7.26. The predicted octanol–water partition coefficient (Wildman–Crippen LogP) is 4.02. The molecule has 0 fully saturated rings. The van der Waals surface area contributed by atoms with Crippen LogP contribution in [-0.4, -0.2) is 23.3 Å². The van der Waals surface area contributed by atoms with E-state index in [1.807, 2.05) is 0 Å². The number of aromatic nitrogens is 1. The molecule has 6 nitrogen and oxygen atoms in total. The van der Waals surface area contributed by atoms with Crippen molar-refractivity contribution in [2.45, 2.75) is 39.2 Å². The van der Waals surface area contributed by atoms with Crippen molar-refractivity contribution < 1.29 is 14.3 Å². The molecule has 124 valence electrons. The predicted molar refractivity (Wildman–Crippen MR) is 93.8 cm³/mol. The maximum absolute atomic E-state index is 12.3. The monoisotopic (exact) mass is 400 g/mol. The van der Waals surface area contributed by atoms with Gasteiger partial charge in [0.2, 0.25) is 0 Å². The molecule has 0 spiro atoms. The third-order valence-electron chi connectivity index (χ3n) is 3.32. The molecule has 0 unspecified atom stereocenters. The number of amides is 1. The fraction of sp³-hybridized carbons (Fsp3) is 0.467. The van der Waals surface area contributed by atoms with E-state index in [2.05, 4.69) is 26.2 Å². The molecule has 0 aliphatic carbocycles. The molecule has 2 N–H and O–H groups in total. The maximum atomic E-state index is 12.3. The summed E-state index contributed by atoms with van der Waals surface area (Å²) in [4.78, 5) is 27.1. The zero-order chi connectivity index (χ0) is 16.8. The topological polar surface area (TPSA) is 80.4 Å². The highest BCUT2D eigenvalue weighted by atomic mass is 79.9. The first-order chi connectivity index (χ1) is 10.8. The minimum absolute atomic E-state index is 0.253. The Bertz CT molecular complexity index is 835. The van der Waals surface area contributed by atoms with Crippen molar-refractivity contribution in [3.8, 4) is 5.75 Å². The number of pyridine rings is 1. The lowest BCUT2D eigenvalue weighted by Gasteiger charge is -2.20. The van der Waals surface area contributed by atoms with Gasteiger partial charge in [0.25, 0.3) is 5.56 Å². The Labute approximate surface area is 145 Å². The number of thiophene rings is 1. The summed E-state index contributed by atoms with van der Waals surface area (Å²) < 4.78 is 12.4. The molecule has 3 heterocycles. The number of hydrogen-bond donors (Lipinski definition) is 2. The summed E-state index contributed by atoms with van der Waals surface area (Å²) >= 11 is 4.79. The molecule has 0 radical (unpaired) electrons. The van der Waals surface area contributed by atoms with Gasteiger partial charge in [-0.15, -0.1) is 11.3 Å². The summed E-state index contributed by atoms with van der Waals surface area (Å²) in [6, 6.07) is 0. The summed E-state index contributed by atoms with van der Waals surface area (Å²) in [6.45, 7) is 5.93. The number of aromatic amines is 1. The van der Waals surface area contributed by atoms with Crippen molar-refractivity contribution in [1.82, 2.24) is 4.98 Å². The van der Waals surface area contributed by atoms with Gasteiger partial charge in [0, 0.05) is 10.9 Å². The summed E-state index contributed by atoms with van der Waals surface area (Å²) in [5.74, 6) is 1.06. The van der Waals surface area contributed by atoms with Crippen LogP contribution in [0, 0.1) is 0 Å². The number of ether oxygens (including phenoxy) is 2. The third kappa shape index (κ3) is 3.23. The minimum atomic E-state index is -0.609. The van der Waals surface area contributed by atoms with E-state index in [9.17, 15) is 9.59 Å². The zero-order valence-corrected chi connectivity index (χ0v) is 15.4. The second-order valence-corrected chi connectivity index (χ2v) is 8.63. The first-order valence-corrected chi connectivity index (χ1v) is 8.87. The Kier molecular flexibility index (Phi) is 4.14. The van der Waals surface area contributed by atoms with Crippen molar-refractivity contribution in [2.24, 2.45) is 0 Å². The molecule has 2 aromatic rings. The highest BCUT2D eigenvalue weighted by Gasteiger charge is 2.25. The van der Waals surface area contributed by atoms with Crippen LogP contribution in [0.1, 0.15) is 32.8 Å².